The molecule has 2 heterocycles. The fourth-order valence-corrected chi connectivity index (χ4v) is 2.21. The van der Waals surface area contributed by atoms with Crippen LogP contribution in [0.3, 0.4) is 0 Å². The lowest BCUT2D eigenvalue weighted by atomic mass is 10.1. The van der Waals surface area contributed by atoms with Gasteiger partial charge in [-0.25, -0.2) is 0 Å². The van der Waals surface area contributed by atoms with Crippen molar-refractivity contribution in [2.24, 2.45) is 5.73 Å². The van der Waals surface area contributed by atoms with E-state index in [0.717, 1.165) is 31.9 Å². The minimum atomic E-state index is -0.0207. The van der Waals surface area contributed by atoms with E-state index < -0.39 is 0 Å². The summed E-state index contributed by atoms with van der Waals surface area (Å²) in [5.74, 6) is 0. The van der Waals surface area contributed by atoms with Crippen LogP contribution in [-0.2, 0) is 4.74 Å². The smallest absolute Gasteiger partial charge is 0.0948 e. The van der Waals surface area contributed by atoms with Crippen molar-refractivity contribution in [1.29, 1.82) is 0 Å². The Morgan fingerprint density at radius 3 is 2.81 bits per heavy atom. The fourth-order valence-electron chi connectivity index (χ4n) is 1.93. The minimum Gasteiger partial charge on any atom is -0.392 e. The zero-order valence-corrected chi connectivity index (χ0v) is 9.82. The first kappa shape index (κ1) is 11.4. The Labute approximate surface area is 100 Å². The molecule has 1 unspecified atom stereocenters. The van der Waals surface area contributed by atoms with Crippen LogP contribution in [-0.4, -0.2) is 41.2 Å². The normalized spacial score (nSPS) is 19.2. The number of aromatic nitrogens is 1. The second-order valence-corrected chi connectivity index (χ2v) is 4.21. The molecule has 1 aromatic rings. The maximum Gasteiger partial charge on any atom is 0.0948 e. The van der Waals surface area contributed by atoms with Crippen molar-refractivity contribution in [2.45, 2.75) is 6.04 Å². The number of thiocarbonyl (C=S) groups is 1. The van der Waals surface area contributed by atoms with E-state index in [1.807, 2.05) is 18.3 Å². The first-order valence-corrected chi connectivity index (χ1v) is 5.71. The number of hydrogen-bond donors (Lipinski definition) is 1. The number of nitrogens with two attached hydrogens (primary N) is 1. The molecule has 1 aliphatic heterocycles. The minimum absolute atomic E-state index is 0.0207. The quantitative estimate of drug-likeness (QED) is 0.786. The van der Waals surface area contributed by atoms with Crippen molar-refractivity contribution in [3.05, 3.63) is 30.1 Å². The molecule has 0 amide bonds. The van der Waals surface area contributed by atoms with Crippen molar-refractivity contribution in [3.63, 3.8) is 0 Å². The van der Waals surface area contributed by atoms with Gasteiger partial charge in [-0.3, -0.25) is 9.88 Å². The molecule has 0 aliphatic carbocycles. The summed E-state index contributed by atoms with van der Waals surface area (Å²) in [6.45, 7) is 3.19. The summed E-state index contributed by atoms with van der Waals surface area (Å²) in [6.07, 6.45) is 3.57. The molecular formula is C11H15N3OS. The summed E-state index contributed by atoms with van der Waals surface area (Å²) >= 11 is 5.15. The largest absolute Gasteiger partial charge is 0.392 e. The molecule has 5 heteroatoms. The Morgan fingerprint density at radius 1 is 1.50 bits per heavy atom. The van der Waals surface area contributed by atoms with Gasteiger partial charge in [0.05, 0.1) is 24.2 Å². The number of rotatable bonds is 3. The number of hydrogen-bond acceptors (Lipinski definition) is 4. The van der Waals surface area contributed by atoms with Crippen LogP contribution in [0.25, 0.3) is 0 Å². The average Bonchev–Trinajstić information content (AvgIpc) is 2.31. The molecule has 16 heavy (non-hydrogen) atoms. The van der Waals surface area contributed by atoms with Gasteiger partial charge in [0.25, 0.3) is 0 Å². The topological polar surface area (TPSA) is 51.4 Å². The van der Waals surface area contributed by atoms with E-state index in [4.69, 9.17) is 22.7 Å². The van der Waals surface area contributed by atoms with Gasteiger partial charge in [-0.05, 0) is 11.6 Å². The van der Waals surface area contributed by atoms with Crippen molar-refractivity contribution >= 4 is 17.2 Å². The Morgan fingerprint density at radius 2 is 2.25 bits per heavy atom. The standard InChI is InChI=1S/C11H15N3OS/c12-11(16)10(9-2-1-3-13-8-9)14-4-6-15-7-5-14/h1-3,8,10H,4-7H2,(H2,12,16). The third-order valence-corrected chi connectivity index (χ3v) is 2.90. The summed E-state index contributed by atoms with van der Waals surface area (Å²) < 4.78 is 5.32. The van der Waals surface area contributed by atoms with Gasteiger partial charge in [0.2, 0.25) is 0 Å². The summed E-state index contributed by atoms with van der Waals surface area (Å²) in [7, 11) is 0. The van der Waals surface area contributed by atoms with E-state index in [-0.39, 0.29) is 6.04 Å². The van der Waals surface area contributed by atoms with E-state index in [2.05, 4.69) is 9.88 Å². The lowest BCUT2D eigenvalue weighted by Gasteiger charge is -2.33. The van der Waals surface area contributed by atoms with Gasteiger partial charge >= 0.3 is 0 Å². The van der Waals surface area contributed by atoms with Crippen LogP contribution >= 0.6 is 12.2 Å². The molecule has 0 saturated carbocycles. The Balaban J connectivity index is 2.20. The molecule has 0 aromatic carbocycles. The highest BCUT2D eigenvalue weighted by atomic mass is 32.1. The number of nitrogens with zero attached hydrogens (tertiary/aromatic N) is 2. The number of morpholine rings is 1. The van der Waals surface area contributed by atoms with E-state index in [9.17, 15) is 0 Å². The van der Waals surface area contributed by atoms with Crippen molar-refractivity contribution in [1.82, 2.24) is 9.88 Å². The molecule has 1 aliphatic rings. The predicted molar refractivity (Wildman–Crippen MR) is 66.2 cm³/mol. The van der Waals surface area contributed by atoms with Gasteiger partial charge in [-0.15, -0.1) is 0 Å². The van der Waals surface area contributed by atoms with Crippen LogP contribution in [0.2, 0.25) is 0 Å². The predicted octanol–water partition coefficient (Wildman–Crippen LogP) is 0.741. The van der Waals surface area contributed by atoms with Gasteiger partial charge in [0.1, 0.15) is 0 Å². The average molecular weight is 237 g/mol. The summed E-state index contributed by atoms with van der Waals surface area (Å²) in [6, 6.07) is 3.89. The maximum absolute atomic E-state index is 5.82. The highest BCUT2D eigenvalue weighted by Gasteiger charge is 2.24. The van der Waals surface area contributed by atoms with Crippen LogP contribution < -0.4 is 5.73 Å². The highest BCUT2D eigenvalue weighted by Crippen LogP contribution is 2.21. The summed E-state index contributed by atoms with van der Waals surface area (Å²) in [5, 5.41) is 0. The maximum atomic E-state index is 5.82. The fraction of sp³-hybridized carbons (Fsp3) is 0.455. The zero-order chi connectivity index (χ0) is 11.4. The molecule has 86 valence electrons. The van der Waals surface area contributed by atoms with Crippen molar-refractivity contribution < 1.29 is 4.74 Å². The molecule has 2 rings (SSSR count). The van der Waals surface area contributed by atoms with Crippen molar-refractivity contribution in [2.75, 3.05) is 26.3 Å². The molecule has 1 atom stereocenters. The van der Waals surface area contributed by atoms with Crippen LogP contribution in [0.5, 0.6) is 0 Å². The zero-order valence-electron chi connectivity index (χ0n) is 9.00. The lowest BCUT2D eigenvalue weighted by Crippen LogP contribution is -2.43. The molecule has 0 bridgehead atoms. The third-order valence-electron chi connectivity index (χ3n) is 2.68. The molecule has 1 saturated heterocycles. The van der Waals surface area contributed by atoms with Crippen LogP contribution in [0.4, 0.5) is 0 Å². The van der Waals surface area contributed by atoms with E-state index in [0.29, 0.717) is 4.99 Å². The second-order valence-electron chi connectivity index (χ2n) is 3.74. The Bertz CT molecular complexity index is 352. The number of pyridine rings is 1. The molecular weight excluding hydrogens is 222 g/mol. The second kappa shape index (κ2) is 5.34. The molecule has 1 fully saturated rings. The van der Waals surface area contributed by atoms with Crippen LogP contribution in [0.1, 0.15) is 11.6 Å². The van der Waals surface area contributed by atoms with Gasteiger partial charge in [-0.1, -0.05) is 18.3 Å². The third kappa shape index (κ3) is 2.55. The van der Waals surface area contributed by atoms with Crippen LogP contribution in [0, 0.1) is 0 Å². The molecule has 1 aromatic heterocycles. The van der Waals surface area contributed by atoms with Gasteiger partial charge in [0.15, 0.2) is 0 Å². The van der Waals surface area contributed by atoms with Crippen LogP contribution in [0.15, 0.2) is 24.5 Å². The molecule has 2 N–H and O–H groups in total. The lowest BCUT2D eigenvalue weighted by molar-refractivity contribution is 0.0288. The van der Waals surface area contributed by atoms with E-state index in [1.165, 1.54) is 0 Å². The van der Waals surface area contributed by atoms with Gasteiger partial charge in [0, 0.05) is 25.5 Å². The first-order valence-electron chi connectivity index (χ1n) is 5.30. The first-order chi connectivity index (χ1) is 7.79. The van der Waals surface area contributed by atoms with Gasteiger partial charge < -0.3 is 10.5 Å². The monoisotopic (exact) mass is 237 g/mol. The molecule has 0 spiro atoms. The SMILES string of the molecule is NC(=S)C(c1cccnc1)N1CCOCC1. The molecule has 0 radical (unpaired) electrons. The van der Waals surface area contributed by atoms with Gasteiger partial charge in [-0.2, -0.15) is 0 Å². The van der Waals surface area contributed by atoms with E-state index >= 15 is 0 Å². The van der Waals surface area contributed by atoms with E-state index in [1.54, 1.807) is 6.20 Å². The summed E-state index contributed by atoms with van der Waals surface area (Å²) in [4.78, 5) is 6.84. The van der Waals surface area contributed by atoms with Crippen molar-refractivity contribution in [3.8, 4) is 0 Å². The summed E-state index contributed by atoms with van der Waals surface area (Å²) in [5.41, 5.74) is 6.87. The Hall–Kier alpha value is -1.04. The Kier molecular flexibility index (Phi) is 3.82. The molecule has 4 nitrogen and oxygen atoms in total. The number of ether oxygens (including phenoxy) is 1. The highest BCUT2D eigenvalue weighted by molar-refractivity contribution is 7.80.